The van der Waals surface area contributed by atoms with E-state index in [0.717, 1.165) is 11.3 Å². The van der Waals surface area contributed by atoms with Crippen molar-refractivity contribution < 1.29 is 23.8 Å². The molecule has 0 unspecified atom stereocenters. The zero-order valence-corrected chi connectivity index (χ0v) is 15.5. The first-order valence-electron chi connectivity index (χ1n) is 8.75. The molecule has 0 heterocycles. The third-order valence-corrected chi connectivity index (χ3v) is 3.52. The van der Waals surface area contributed by atoms with E-state index in [-0.39, 0.29) is 18.7 Å². The fourth-order valence-corrected chi connectivity index (χ4v) is 2.20. The first-order valence-corrected chi connectivity index (χ1v) is 8.75. The molecule has 0 bridgehead atoms. The third kappa shape index (κ3) is 6.89. The van der Waals surface area contributed by atoms with Crippen LogP contribution in [0.4, 0.5) is 4.79 Å². The highest BCUT2D eigenvalue weighted by Crippen LogP contribution is 2.17. The fraction of sp³-hybridized carbons (Fsp3) is 0.300. The zero-order chi connectivity index (χ0) is 19.5. The minimum atomic E-state index is -0.360. The summed E-state index contributed by atoms with van der Waals surface area (Å²) in [6.07, 6.45) is 0. The number of esters is 1. The highest BCUT2D eigenvalue weighted by molar-refractivity contribution is 5.89. The van der Waals surface area contributed by atoms with Crippen LogP contribution in [-0.2, 0) is 11.3 Å². The van der Waals surface area contributed by atoms with Crippen molar-refractivity contribution in [1.82, 2.24) is 10.6 Å². The molecule has 144 valence electrons. The van der Waals surface area contributed by atoms with Gasteiger partial charge in [0.25, 0.3) is 0 Å². The molecule has 2 N–H and O–H groups in total. The summed E-state index contributed by atoms with van der Waals surface area (Å²) in [6, 6.07) is 13.7. The van der Waals surface area contributed by atoms with E-state index in [9.17, 15) is 9.59 Å². The minimum Gasteiger partial charge on any atom is -0.494 e. The molecule has 0 radical (unpaired) electrons. The van der Waals surface area contributed by atoms with Crippen molar-refractivity contribution in [2.75, 3.05) is 19.9 Å². The second-order valence-electron chi connectivity index (χ2n) is 5.47. The van der Waals surface area contributed by atoms with Crippen LogP contribution < -0.4 is 20.1 Å². The van der Waals surface area contributed by atoms with Gasteiger partial charge in [0.05, 0.1) is 18.8 Å². The van der Waals surface area contributed by atoms with E-state index < -0.39 is 0 Å². The van der Waals surface area contributed by atoms with Gasteiger partial charge in [-0.25, -0.2) is 9.59 Å². The van der Waals surface area contributed by atoms with Crippen LogP contribution in [0, 0.1) is 0 Å². The molecule has 0 aromatic heterocycles. The van der Waals surface area contributed by atoms with Crippen molar-refractivity contribution in [2.24, 2.45) is 0 Å². The van der Waals surface area contributed by atoms with E-state index in [0.29, 0.717) is 31.1 Å². The molecule has 0 fully saturated rings. The molecule has 27 heavy (non-hydrogen) atoms. The van der Waals surface area contributed by atoms with Gasteiger partial charge < -0.3 is 24.8 Å². The van der Waals surface area contributed by atoms with Gasteiger partial charge in [-0.2, -0.15) is 0 Å². The number of benzene rings is 2. The molecule has 0 saturated carbocycles. The van der Waals surface area contributed by atoms with E-state index in [2.05, 4.69) is 10.6 Å². The zero-order valence-electron chi connectivity index (χ0n) is 15.5. The average Bonchev–Trinajstić information content (AvgIpc) is 2.68. The summed E-state index contributed by atoms with van der Waals surface area (Å²) in [5.41, 5.74) is 1.35. The monoisotopic (exact) mass is 372 g/mol. The molecule has 0 aliphatic carbocycles. The van der Waals surface area contributed by atoms with Crippen molar-refractivity contribution in [1.29, 1.82) is 0 Å². The van der Waals surface area contributed by atoms with Crippen LogP contribution in [0.5, 0.6) is 11.5 Å². The highest BCUT2D eigenvalue weighted by Gasteiger charge is 2.06. The first-order chi connectivity index (χ1) is 13.1. The van der Waals surface area contributed by atoms with E-state index in [1.165, 1.54) is 0 Å². The Morgan fingerprint density at radius 1 is 0.815 bits per heavy atom. The van der Waals surface area contributed by atoms with Crippen LogP contribution in [0.2, 0.25) is 0 Å². The molecule has 0 saturated heterocycles. The molecule has 0 aliphatic heterocycles. The summed E-state index contributed by atoms with van der Waals surface area (Å²) in [4.78, 5) is 23.4. The Balaban J connectivity index is 1.69. The maximum absolute atomic E-state index is 11.8. The van der Waals surface area contributed by atoms with Crippen molar-refractivity contribution in [3.05, 3.63) is 59.7 Å². The van der Waals surface area contributed by atoms with Crippen LogP contribution in [0.25, 0.3) is 0 Å². The van der Waals surface area contributed by atoms with Crippen LogP contribution in [0.1, 0.15) is 29.8 Å². The predicted octanol–water partition coefficient (Wildman–Crippen LogP) is 3.10. The molecule has 0 atom stereocenters. The molecule has 2 aromatic rings. The highest BCUT2D eigenvalue weighted by atomic mass is 16.5. The third-order valence-electron chi connectivity index (χ3n) is 3.52. The Morgan fingerprint density at radius 3 is 2.04 bits per heavy atom. The standard InChI is InChI=1S/C20H24N2O5/c1-3-25-17-9-11-18(12-10-17)27-14-22-20(24)21-13-15-5-7-16(8-6-15)19(23)26-4-2/h5-12H,3-4,13-14H2,1-2H3,(H2,21,22,24). The Labute approximate surface area is 158 Å². The Morgan fingerprint density at radius 2 is 1.44 bits per heavy atom. The summed E-state index contributed by atoms with van der Waals surface area (Å²) < 4.78 is 15.7. The number of urea groups is 1. The number of hydrogen-bond donors (Lipinski definition) is 2. The molecule has 2 rings (SSSR count). The molecule has 7 heteroatoms. The summed E-state index contributed by atoms with van der Waals surface area (Å²) in [6.45, 7) is 4.99. The van der Waals surface area contributed by atoms with Gasteiger partial charge in [0.2, 0.25) is 0 Å². The van der Waals surface area contributed by atoms with Crippen LogP contribution in [0.3, 0.4) is 0 Å². The van der Waals surface area contributed by atoms with Crippen LogP contribution in [-0.4, -0.2) is 31.9 Å². The SMILES string of the molecule is CCOC(=O)c1ccc(CNC(=O)NCOc2ccc(OCC)cc2)cc1. The van der Waals surface area contributed by atoms with Gasteiger partial charge in [-0.15, -0.1) is 0 Å². The lowest BCUT2D eigenvalue weighted by atomic mass is 10.1. The van der Waals surface area contributed by atoms with Gasteiger partial charge in [0, 0.05) is 6.54 Å². The summed E-state index contributed by atoms with van der Waals surface area (Å²) in [7, 11) is 0. The minimum absolute atomic E-state index is 0.0433. The van der Waals surface area contributed by atoms with Gasteiger partial charge in [-0.05, 0) is 55.8 Å². The molecular formula is C20H24N2O5. The van der Waals surface area contributed by atoms with Gasteiger partial charge in [0.15, 0.2) is 6.73 Å². The second kappa shape index (κ2) is 10.7. The molecule has 7 nitrogen and oxygen atoms in total. The quantitative estimate of drug-likeness (QED) is 0.522. The number of ether oxygens (including phenoxy) is 3. The van der Waals surface area contributed by atoms with Crippen molar-refractivity contribution in [3.63, 3.8) is 0 Å². The molecule has 0 spiro atoms. The summed E-state index contributed by atoms with van der Waals surface area (Å²) in [5.74, 6) is 1.04. The Kier molecular flexibility index (Phi) is 7.96. The molecule has 0 aliphatic rings. The topological polar surface area (TPSA) is 85.9 Å². The molecule has 2 aromatic carbocycles. The smallest absolute Gasteiger partial charge is 0.338 e. The Hall–Kier alpha value is -3.22. The normalized spacial score (nSPS) is 10.0. The largest absolute Gasteiger partial charge is 0.494 e. The number of carbonyl (C=O) groups excluding carboxylic acids is 2. The van der Waals surface area contributed by atoms with Crippen molar-refractivity contribution in [3.8, 4) is 11.5 Å². The summed E-state index contributed by atoms with van der Waals surface area (Å²) >= 11 is 0. The van der Waals surface area contributed by atoms with Crippen molar-refractivity contribution >= 4 is 12.0 Å². The van der Waals surface area contributed by atoms with E-state index in [1.807, 2.05) is 6.92 Å². The second-order valence-corrected chi connectivity index (χ2v) is 5.47. The van der Waals surface area contributed by atoms with Gasteiger partial charge in [-0.1, -0.05) is 12.1 Å². The Bertz CT molecular complexity index is 729. The lowest BCUT2D eigenvalue weighted by Crippen LogP contribution is -2.37. The molecular weight excluding hydrogens is 348 g/mol. The lowest BCUT2D eigenvalue weighted by Gasteiger charge is -2.10. The van der Waals surface area contributed by atoms with Crippen molar-refractivity contribution in [2.45, 2.75) is 20.4 Å². The van der Waals surface area contributed by atoms with E-state index in [4.69, 9.17) is 14.2 Å². The van der Waals surface area contributed by atoms with E-state index >= 15 is 0 Å². The van der Waals surface area contributed by atoms with Crippen LogP contribution >= 0.6 is 0 Å². The van der Waals surface area contributed by atoms with E-state index in [1.54, 1.807) is 55.5 Å². The number of hydrogen-bond acceptors (Lipinski definition) is 5. The maximum atomic E-state index is 11.8. The molecule has 2 amide bonds. The summed E-state index contributed by atoms with van der Waals surface area (Å²) in [5, 5.41) is 5.33. The fourth-order valence-electron chi connectivity index (χ4n) is 2.20. The maximum Gasteiger partial charge on any atom is 0.338 e. The first kappa shape index (κ1) is 20.1. The number of amides is 2. The van der Waals surface area contributed by atoms with Gasteiger partial charge >= 0.3 is 12.0 Å². The number of nitrogens with one attached hydrogen (secondary N) is 2. The van der Waals surface area contributed by atoms with Gasteiger partial charge in [0.1, 0.15) is 11.5 Å². The van der Waals surface area contributed by atoms with Gasteiger partial charge in [-0.3, -0.25) is 0 Å². The average molecular weight is 372 g/mol. The van der Waals surface area contributed by atoms with Crippen LogP contribution in [0.15, 0.2) is 48.5 Å². The number of rotatable bonds is 9. The lowest BCUT2D eigenvalue weighted by molar-refractivity contribution is 0.0526. The predicted molar refractivity (Wildman–Crippen MR) is 101 cm³/mol. The number of carbonyl (C=O) groups is 2.